The lowest BCUT2D eigenvalue weighted by Gasteiger charge is -2.34. The highest BCUT2D eigenvalue weighted by Gasteiger charge is 2.49. The average Bonchev–Trinajstić information content (AvgIpc) is 3.48. The molecule has 0 unspecified atom stereocenters. The van der Waals surface area contributed by atoms with Crippen molar-refractivity contribution in [2.24, 2.45) is 5.92 Å². The zero-order valence-corrected chi connectivity index (χ0v) is 19.0. The molecule has 1 saturated carbocycles. The van der Waals surface area contributed by atoms with Crippen LogP contribution in [0.4, 0.5) is 0 Å². The van der Waals surface area contributed by atoms with Crippen LogP contribution >= 0.6 is 0 Å². The Bertz CT molecular complexity index is 780. The molecule has 1 aromatic rings. The van der Waals surface area contributed by atoms with Gasteiger partial charge in [-0.25, -0.2) is 4.98 Å². The van der Waals surface area contributed by atoms with E-state index in [-0.39, 0.29) is 41.7 Å². The number of aromatic amines is 1. The Hall–Kier alpha value is -1.93. The number of hydrogen-bond acceptors (Lipinski definition) is 5. The third-order valence-electron chi connectivity index (χ3n) is 7.37. The number of hydrogen-bond donors (Lipinski definition) is 3. The van der Waals surface area contributed by atoms with Crippen molar-refractivity contribution in [2.45, 2.75) is 82.9 Å². The van der Waals surface area contributed by atoms with E-state index in [1.807, 2.05) is 16.0 Å². The van der Waals surface area contributed by atoms with Crippen LogP contribution < -0.4 is 5.32 Å². The van der Waals surface area contributed by atoms with Crippen molar-refractivity contribution in [3.8, 4) is 0 Å². The minimum absolute atomic E-state index is 0.000827. The van der Waals surface area contributed by atoms with Crippen LogP contribution in [0, 0.1) is 5.92 Å². The number of nitrogens with zero attached hydrogens (tertiary/aromatic N) is 3. The predicted molar refractivity (Wildman–Crippen MR) is 118 cm³/mol. The Labute approximate surface area is 184 Å². The molecule has 1 aromatic heterocycles. The third-order valence-corrected chi connectivity index (χ3v) is 7.37. The van der Waals surface area contributed by atoms with Crippen LogP contribution in [0.25, 0.3) is 0 Å². The van der Waals surface area contributed by atoms with Crippen LogP contribution in [-0.2, 0) is 9.59 Å². The van der Waals surface area contributed by atoms with Gasteiger partial charge in [0.05, 0.1) is 12.0 Å². The van der Waals surface area contributed by atoms with Crippen molar-refractivity contribution >= 4 is 11.8 Å². The van der Waals surface area contributed by atoms with Gasteiger partial charge in [0.15, 0.2) is 0 Å². The average molecular weight is 432 g/mol. The lowest BCUT2D eigenvalue weighted by Crippen LogP contribution is -2.48. The Balaban J connectivity index is 1.51. The molecule has 31 heavy (non-hydrogen) atoms. The summed E-state index contributed by atoms with van der Waals surface area (Å²) in [5, 5.41) is 15.1. The summed E-state index contributed by atoms with van der Waals surface area (Å²) in [6.45, 7) is 8.91. The molecule has 4 atom stereocenters. The smallest absolute Gasteiger partial charge is 0.228 e. The molecule has 3 heterocycles. The summed E-state index contributed by atoms with van der Waals surface area (Å²) in [6, 6.07) is 0.282. The first-order valence-corrected chi connectivity index (χ1v) is 11.9. The van der Waals surface area contributed by atoms with Crippen LogP contribution in [0.5, 0.6) is 0 Å². The molecular formula is C23H37N5O3. The van der Waals surface area contributed by atoms with Gasteiger partial charge in [-0.15, -0.1) is 0 Å². The van der Waals surface area contributed by atoms with E-state index >= 15 is 0 Å². The number of imidazole rings is 1. The molecule has 3 fully saturated rings. The quantitative estimate of drug-likeness (QED) is 0.657. The fraction of sp³-hybridized carbons (Fsp3) is 0.783. The van der Waals surface area contributed by atoms with Crippen LogP contribution in [0.2, 0.25) is 0 Å². The van der Waals surface area contributed by atoms with Gasteiger partial charge in [0, 0.05) is 68.9 Å². The SMILES string of the molecule is CC(=O)N1CCC(N[C@@H]2C[C@H](C(=O)N3CCCC3)[C@@H](O)[C@H]2c2cnc(C(C)C)[nH]2)CC1. The van der Waals surface area contributed by atoms with Crippen molar-refractivity contribution in [2.75, 3.05) is 26.2 Å². The van der Waals surface area contributed by atoms with Gasteiger partial charge >= 0.3 is 0 Å². The molecular weight excluding hydrogens is 394 g/mol. The van der Waals surface area contributed by atoms with Crippen LogP contribution in [0.3, 0.4) is 0 Å². The zero-order valence-electron chi connectivity index (χ0n) is 19.0. The minimum atomic E-state index is -0.733. The number of aliphatic hydroxyl groups is 1. The lowest BCUT2D eigenvalue weighted by atomic mass is 9.94. The van der Waals surface area contributed by atoms with Gasteiger partial charge in [0.25, 0.3) is 0 Å². The molecule has 3 N–H and O–H groups in total. The topological polar surface area (TPSA) is 102 Å². The molecule has 2 amide bonds. The second-order valence-corrected chi connectivity index (χ2v) is 9.82. The fourth-order valence-corrected chi connectivity index (χ4v) is 5.52. The van der Waals surface area contributed by atoms with Gasteiger partial charge in [0.2, 0.25) is 11.8 Å². The number of nitrogens with one attached hydrogen (secondary N) is 2. The third kappa shape index (κ3) is 4.65. The molecule has 2 aliphatic heterocycles. The summed E-state index contributed by atoms with van der Waals surface area (Å²) in [5.74, 6) is 0.824. The first-order chi connectivity index (χ1) is 14.8. The maximum atomic E-state index is 13.2. The molecule has 0 bridgehead atoms. The number of aliphatic hydroxyl groups excluding tert-OH is 1. The standard InChI is InChI=1S/C23H37N5O3/c1-14(2)22-24-13-19(26-22)20-18(25-16-6-10-27(11-7-16)15(3)29)12-17(21(20)30)23(31)28-8-4-5-9-28/h13-14,16-18,20-21,25,30H,4-12H2,1-3H3,(H,24,26)/t17-,18+,20+,21+/m0/s1. The summed E-state index contributed by atoms with van der Waals surface area (Å²) in [6.07, 6.45) is 5.61. The second kappa shape index (κ2) is 9.28. The molecule has 8 nitrogen and oxygen atoms in total. The van der Waals surface area contributed by atoms with Crippen LogP contribution in [0.15, 0.2) is 6.20 Å². The molecule has 4 rings (SSSR count). The van der Waals surface area contributed by atoms with Gasteiger partial charge in [-0.2, -0.15) is 0 Å². The lowest BCUT2D eigenvalue weighted by molar-refractivity contribution is -0.137. The Morgan fingerprint density at radius 3 is 2.42 bits per heavy atom. The summed E-state index contributed by atoms with van der Waals surface area (Å²) in [5.41, 5.74) is 0.909. The first kappa shape index (κ1) is 22.3. The van der Waals surface area contributed by atoms with Crippen molar-refractivity contribution in [1.29, 1.82) is 0 Å². The van der Waals surface area contributed by atoms with E-state index in [2.05, 4.69) is 29.1 Å². The molecule has 2 saturated heterocycles. The van der Waals surface area contributed by atoms with Crippen LogP contribution in [-0.4, -0.2) is 81.1 Å². The highest BCUT2D eigenvalue weighted by molar-refractivity contribution is 5.80. The Kier molecular flexibility index (Phi) is 6.67. The normalized spacial score (nSPS) is 29.8. The van der Waals surface area contributed by atoms with Gasteiger partial charge in [0.1, 0.15) is 5.82 Å². The number of piperidine rings is 1. The highest BCUT2D eigenvalue weighted by Crippen LogP contribution is 2.40. The number of carbonyl (C=O) groups excluding carboxylic acids is 2. The van der Waals surface area contributed by atoms with E-state index in [1.165, 1.54) is 0 Å². The number of rotatable bonds is 5. The molecule has 0 radical (unpaired) electrons. The fourth-order valence-electron chi connectivity index (χ4n) is 5.52. The van der Waals surface area contributed by atoms with Crippen LogP contribution in [0.1, 0.15) is 76.2 Å². The van der Waals surface area contributed by atoms with E-state index in [0.717, 1.165) is 63.4 Å². The van der Waals surface area contributed by atoms with Crippen molar-refractivity contribution in [3.05, 3.63) is 17.7 Å². The van der Waals surface area contributed by atoms with E-state index in [4.69, 9.17) is 0 Å². The van der Waals surface area contributed by atoms with Crippen molar-refractivity contribution in [3.63, 3.8) is 0 Å². The predicted octanol–water partition coefficient (Wildman–Crippen LogP) is 1.59. The first-order valence-electron chi connectivity index (χ1n) is 11.9. The maximum Gasteiger partial charge on any atom is 0.228 e. The Morgan fingerprint density at radius 2 is 1.84 bits per heavy atom. The molecule has 172 valence electrons. The summed E-state index contributed by atoms with van der Waals surface area (Å²) >= 11 is 0. The maximum absolute atomic E-state index is 13.2. The van der Waals surface area contributed by atoms with Crippen molar-refractivity contribution in [1.82, 2.24) is 25.1 Å². The monoisotopic (exact) mass is 431 g/mol. The minimum Gasteiger partial charge on any atom is -0.392 e. The van der Waals surface area contributed by atoms with E-state index < -0.39 is 6.10 Å². The second-order valence-electron chi connectivity index (χ2n) is 9.82. The number of aromatic nitrogens is 2. The highest BCUT2D eigenvalue weighted by atomic mass is 16.3. The molecule has 1 aliphatic carbocycles. The summed E-state index contributed by atoms with van der Waals surface area (Å²) in [4.78, 5) is 36.6. The van der Waals surface area contributed by atoms with Gasteiger partial charge in [-0.3, -0.25) is 9.59 Å². The van der Waals surface area contributed by atoms with Crippen molar-refractivity contribution < 1.29 is 14.7 Å². The van der Waals surface area contributed by atoms with Gasteiger partial charge < -0.3 is 25.2 Å². The molecule has 3 aliphatic rings. The number of H-pyrrole nitrogens is 1. The van der Waals surface area contributed by atoms with E-state index in [1.54, 1.807) is 6.92 Å². The van der Waals surface area contributed by atoms with Gasteiger partial charge in [-0.05, 0) is 32.1 Å². The zero-order chi connectivity index (χ0) is 22.1. The van der Waals surface area contributed by atoms with E-state index in [0.29, 0.717) is 6.42 Å². The summed E-state index contributed by atoms with van der Waals surface area (Å²) in [7, 11) is 0. The molecule has 8 heteroatoms. The van der Waals surface area contributed by atoms with Gasteiger partial charge in [-0.1, -0.05) is 13.8 Å². The molecule has 0 aromatic carbocycles. The summed E-state index contributed by atoms with van der Waals surface area (Å²) < 4.78 is 0. The number of amides is 2. The number of likely N-dealkylation sites (tertiary alicyclic amines) is 2. The van der Waals surface area contributed by atoms with E-state index in [9.17, 15) is 14.7 Å². The molecule has 0 spiro atoms. The largest absolute Gasteiger partial charge is 0.392 e. The Morgan fingerprint density at radius 1 is 1.16 bits per heavy atom. The number of carbonyl (C=O) groups is 2.